The van der Waals surface area contributed by atoms with Crippen LogP contribution in [0.4, 0.5) is 0 Å². The zero-order chi connectivity index (χ0) is 9.84. The van der Waals surface area contributed by atoms with Crippen molar-refractivity contribution in [1.82, 2.24) is 9.78 Å². The van der Waals surface area contributed by atoms with Crippen LogP contribution in [0.2, 0.25) is 0 Å². The number of nitrogens with zero attached hydrogens (tertiary/aromatic N) is 2. The predicted octanol–water partition coefficient (Wildman–Crippen LogP) is 1.30. The monoisotopic (exact) mass is 182 g/mol. The maximum atomic E-state index is 11.3. The van der Waals surface area contributed by atoms with Crippen molar-refractivity contribution in [3.05, 3.63) is 17.5 Å². The van der Waals surface area contributed by atoms with Gasteiger partial charge < -0.3 is 4.74 Å². The van der Waals surface area contributed by atoms with Crippen molar-refractivity contribution in [3.63, 3.8) is 0 Å². The SMILES string of the molecule is CCCOC(=O)c1cc(C)n(C)n1. The lowest BCUT2D eigenvalue weighted by molar-refractivity contribution is 0.0497. The van der Waals surface area contributed by atoms with E-state index in [4.69, 9.17) is 4.74 Å². The highest BCUT2D eigenvalue weighted by atomic mass is 16.5. The summed E-state index contributed by atoms with van der Waals surface area (Å²) in [6.07, 6.45) is 0.831. The third kappa shape index (κ3) is 2.31. The summed E-state index contributed by atoms with van der Waals surface area (Å²) in [6.45, 7) is 4.30. The molecular weight excluding hydrogens is 168 g/mol. The van der Waals surface area contributed by atoms with Crippen molar-refractivity contribution in [2.75, 3.05) is 6.61 Å². The Morgan fingerprint density at radius 1 is 1.69 bits per heavy atom. The van der Waals surface area contributed by atoms with Crippen LogP contribution >= 0.6 is 0 Å². The van der Waals surface area contributed by atoms with Gasteiger partial charge in [-0.3, -0.25) is 4.68 Å². The molecule has 0 aliphatic carbocycles. The topological polar surface area (TPSA) is 44.1 Å². The number of ether oxygens (including phenoxy) is 1. The molecule has 1 aromatic rings. The van der Waals surface area contributed by atoms with E-state index in [-0.39, 0.29) is 5.97 Å². The highest BCUT2D eigenvalue weighted by Crippen LogP contribution is 2.03. The fourth-order valence-corrected chi connectivity index (χ4v) is 0.929. The van der Waals surface area contributed by atoms with Gasteiger partial charge in [0.2, 0.25) is 0 Å². The Morgan fingerprint density at radius 3 is 2.85 bits per heavy atom. The molecule has 0 spiro atoms. The summed E-state index contributed by atoms with van der Waals surface area (Å²) in [5, 5.41) is 4.01. The van der Waals surface area contributed by atoms with Crippen molar-refractivity contribution in [3.8, 4) is 0 Å². The summed E-state index contributed by atoms with van der Waals surface area (Å²) in [5.41, 5.74) is 1.33. The van der Waals surface area contributed by atoms with E-state index in [0.29, 0.717) is 12.3 Å². The van der Waals surface area contributed by atoms with Gasteiger partial charge >= 0.3 is 5.97 Å². The fraction of sp³-hybridized carbons (Fsp3) is 0.556. The van der Waals surface area contributed by atoms with Crippen molar-refractivity contribution in [2.24, 2.45) is 7.05 Å². The Labute approximate surface area is 77.5 Å². The molecule has 0 unspecified atom stereocenters. The number of carbonyl (C=O) groups is 1. The Bertz CT molecular complexity index is 285. The molecule has 0 bridgehead atoms. The van der Waals surface area contributed by atoms with Gasteiger partial charge in [-0.15, -0.1) is 0 Å². The Balaban J connectivity index is 2.66. The van der Waals surface area contributed by atoms with Crippen LogP contribution in [0.3, 0.4) is 0 Å². The van der Waals surface area contributed by atoms with E-state index < -0.39 is 0 Å². The van der Waals surface area contributed by atoms with Gasteiger partial charge in [0.15, 0.2) is 5.69 Å². The lowest BCUT2D eigenvalue weighted by Gasteiger charge is -1.98. The van der Waals surface area contributed by atoms with Gasteiger partial charge in [-0.1, -0.05) is 6.92 Å². The number of esters is 1. The van der Waals surface area contributed by atoms with Gasteiger partial charge in [-0.25, -0.2) is 4.79 Å². The van der Waals surface area contributed by atoms with E-state index in [1.807, 2.05) is 13.8 Å². The highest BCUT2D eigenvalue weighted by Gasteiger charge is 2.11. The molecule has 0 radical (unpaired) electrons. The minimum atomic E-state index is -0.342. The largest absolute Gasteiger partial charge is 0.461 e. The average Bonchev–Trinajstić information content (AvgIpc) is 2.43. The molecule has 1 rings (SSSR count). The minimum Gasteiger partial charge on any atom is -0.461 e. The first-order valence-electron chi connectivity index (χ1n) is 4.33. The molecule has 0 aromatic carbocycles. The van der Waals surface area contributed by atoms with Gasteiger partial charge in [0, 0.05) is 12.7 Å². The molecule has 1 aromatic heterocycles. The molecule has 0 fully saturated rings. The molecule has 0 saturated carbocycles. The van der Waals surface area contributed by atoms with Gasteiger partial charge in [-0.2, -0.15) is 5.10 Å². The second kappa shape index (κ2) is 4.07. The van der Waals surface area contributed by atoms with Gasteiger partial charge in [0.1, 0.15) is 0 Å². The molecule has 0 atom stereocenters. The maximum Gasteiger partial charge on any atom is 0.358 e. The summed E-state index contributed by atoms with van der Waals surface area (Å²) < 4.78 is 6.59. The van der Waals surface area contributed by atoms with E-state index in [1.54, 1.807) is 17.8 Å². The van der Waals surface area contributed by atoms with Crippen LogP contribution < -0.4 is 0 Å². The molecule has 4 heteroatoms. The van der Waals surface area contributed by atoms with Crippen LogP contribution in [0.5, 0.6) is 0 Å². The van der Waals surface area contributed by atoms with Crippen molar-refractivity contribution < 1.29 is 9.53 Å². The lowest BCUT2D eigenvalue weighted by Crippen LogP contribution is -2.07. The lowest BCUT2D eigenvalue weighted by atomic mass is 10.4. The summed E-state index contributed by atoms with van der Waals surface area (Å²) in [4.78, 5) is 11.3. The van der Waals surface area contributed by atoms with E-state index in [2.05, 4.69) is 5.10 Å². The van der Waals surface area contributed by atoms with Crippen LogP contribution in [0.1, 0.15) is 29.5 Å². The molecule has 4 nitrogen and oxygen atoms in total. The average molecular weight is 182 g/mol. The Kier molecular flexibility index (Phi) is 3.06. The fourth-order valence-electron chi connectivity index (χ4n) is 0.929. The third-order valence-corrected chi connectivity index (χ3v) is 1.76. The molecule has 0 N–H and O–H groups in total. The zero-order valence-electron chi connectivity index (χ0n) is 8.20. The van der Waals surface area contributed by atoms with Crippen LogP contribution in [-0.4, -0.2) is 22.4 Å². The smallest absolute Gasteiger partial charge is 0.358 e. The Hall–Kier alpha value is -1.32. The van der Waals surface area contributed by atoms with Gasteiger partial charge in [0.05, 0.1) is 6.61 Å². The predicted molar refractivity (Wildman–Crippen MR) is 48.5 cm³/mol. The normalized spacial score (nSPS) is 10.1. The van der Waals surface area contributed by atoms with Crippen molar-refractivity contribution in [1.29, 1.82) is 0 Å². The van der Waals surface area contributed by atoms with Crippen LogP contribution in [-0.2, 0) is 11.8 Å². The summed E-state index contributed by atoms with van der Waals surface area (Å²) in [7, 11) is 1.80. The quantitative estimate of drug-likeness (QED) is 0.662. The molecule has 0 amide bonds. The standard InChI is InChI=1S/C9H14N2O2/c1-4-5-13-9(12)8-6-7(2)11(3)10-8/h6H,4-5H2,1-3H3. The third-order valence-electron chi connectivity index (χ3n) is 1.76. The van der Waals surface area contributed by atoms with Crippen LogP contribution in [0.15, 0.2) is 6.07 Å². The molecule has 0 aliphatic rings. The number of hydrogen-bond donors (Lipinski definition) is 0. The van der Waals surface area contributed by atoms with Gasteiger partial charge in [0.25, 0.3) is 0 Å². The van der Waals surface area contributed by atoms with E-state index in [9.17, 15) is 4.79 Å². The number of aromatic nitrogens is 2. The second-order valence-electron chi connectivity index (χ2n) is 2.93. The second-order valence-corrected chi connectivity index (χ2v) is 2.93. The molecule has 0 saturated heterocycles. The molecule has 0 aliphatic heterocycles. The molecule has 72 valence electrons. The first-order valence-corrected chi connectivity index (χ1v) is 4.33. The Morgan fingerprint density at radius 2 is 2.38 bits per heavy atom. The number of aryl methyl sites for hydroxylation is 2. The number of hydrogen-bond acceptors (Lipinski definition) is 3. The first kappa shape index (κ1) is 9.77. The molecule has 13 heavy (non-hydrogen) atoms. The summed E-state index contributed by atoms with van der Waals surface area (Å²) >= 11 is 0. The van der Waals surface area contributed by atoms with E-state index in [0.717, 1.165) is 12.1 Å². The van der Waals surface area contributed by atoms with Crippen LogP contribution in [0.25, 0.3) is 0 Å². The minimum absolute atomic E-state index is 0.342. The molecular formula is C9H14N2O2. The molecule has 1 heterocycles. The van der Waals surface area contributed by atoms with E-state index in [1.165, 1.54) is 0 Å². The van der Waals surface area contributed by atoms with Crippen molar-refractivity contribution in [2.45, 2.75) is 20.3 Å². The summed E-state index contributed by atoms with van der Waals surface area (Å²) in [6, 6.07) is 1.72. The highest BCUT2D eigenvalue weighted by molar-refractivity contribution is 5.87. The number of carbonyl (C=O) groups excluding carboxylic acids is 1. The maximum absolute atomic E-state index is 11.3. The zero-order valence-corrected chi connectivity index (χ0v) is 8.20. The first-order chi connectivity index (χ1) is 6.15. The van der Waals surface area contributed by atoms with Gasteiger partial charge in [-0.05, 0) is 19.4 Å². The van der Waals surface area contributed by atoms with E-state index >= 15 is 0 Å². The number of rotatable bonds is 3. The van der Waals surface area contributed by atoms with Crippen molar-refractivity contribution >= 4 is 5.97 Å². The summed E-state index contributed by atoms with van der Waals surface area (Å²) in [5.74, 6) is -0.342. The van der Waals surface area contributed by atoms with Crippen LogP contribution in [0, 0.1) is 6.92 Å².